The van der Waals surface area contributed by atoms with Crippen molar-refractivity contribution < 1.29 is 5.11 Å². The maximum absolute atomic E-state index is 9.20. The molecule has 1 heterocycles. The van der Waals surface area contributed by atoms with Gasteiger partial charge in [0.05, 0.1) is 9.49 Å². The Bertz CT molecular complexity index is 450. The predicted octanol–water partition coefficient (Wildman–Crippen LogP) is 3.60. The highest BCUT2D eigenvalue weighted by atomic mass is 127. The minimum absolute atomic E-state index is 0.137. The smallest absolute Gasteiger partial charge is 0.0721 e. The molecule has 2 rings (SSSR count). The largest absolute Gasteiger partial charge is 0.392 e. The summed E-state index contributed by atoms with van der Waals surface area (Å²) in [5.74, 6) is 0. The van der Waals surface area contributed by atoms with E-state index in [1.165, 1.54) is 16.5 Å². The average Bonchev–Trinajstić information content (AvgIpc) is 2.40. The lowest BCUT2D eigenvalue weighted by Gasteiger charge is -1.95. The van der Waals surface area contributed by atoms with Gasteiger partial charge in [-0.05, 0) is 63.4 Å². The number of halogens is 2. The van der Waals surface area contributed by atoms with Crippen LogP contribution in [-0.2, 0) is 6.61 Å². The zero-order valence-corrected chi connectivity index (χ0v) is 11.7. The summed E-state index contributed by atoms with van der Waals surface area (Å²) in [5.41, 5.74) is 1.07. The normalized spacial score (nSPS) is 11.0. The van der Waals surface area contributed by atoms with Crippen molar-refractivity contribution in [1.29, 1.82) is 0 Å². The van der Waals surface area contributed by atoms with Crippen LogP contribution in [0.5, 0.6) is 0 Å². The molecule has 1 nitrogen and oxygen atoms in total. The molecule has 0 atom stereocenters. The molecule has 0 radical (unpaired) electrons. The van der Waals surface area contributed by atoms with Gasteiger partial charge in [0.15, 0.2) is 0 Å². The number of fused-ring (bicyclic) bond motifs is 1. The summed E-state index contributed by atoms with van der Waals surface area (Å²) in [6.07, 6.45) is 0. The van der Waals surface area contributed by atoms with Gasteiger partial charge < -0.3 is 5.11 Å². The molecule has 0 aliphatic carbocycles. The number of hydrogen-bond acceptors (Lipinski definition) is 2. The van der Waals surface area contributed by atoms with E-state index in [4.69, 9.17) is 0 Å². The second-order valence-electron chi connectivity index (χ2n) is 2.65. The van der Waals surface area contributed by atoms with Crippen LogP contribution in [0.3, 0.4) is 0 Å². The van der Waals surface area contributed by atoms with Crippen molar-refractivity contribution in [2.75, 3.05) is 0 Å². The fourth-order valence-corrected chi connectivity index (χ4v) is 3.82. The first-order valence-electron chi connectivity index (χ1n) is 3.69. The summed E-state index contributed by atoms with van der Waals surface area (Å²) in [5, 5.41) is 10.4. The van der Waals surface area contributed by atoms with Crippen molar-refractivity contribution in [2.24, 2.45) is 0 Å². The van der Waals surface area contributed by atoms with Crippen LogP contribution in [0.1, 0.15) is 5.56 Å². The maximum atomic E-state index is 9.20. The molecule has 1 aromatic heterocycles. The molecule has 68 valence electrons. The zero-order chi connectivity index (χ0) is 9.42. The fraction of sp³-hybridized carbons (Fsp3) is 0.111. The van der Waals surface area contributed by atoms with Crippen LogP contribution in [0, 0.1) is 6.45 Å². The molecule has 1 aromatic carbocycles. The Morgan fingerprint density at radius 2 is 2.08 bits per heavy atom. The Hall–Kier alpha value is 0.600. The Labute approximate surface area is 107 Å². The van der Waals surface area contributed by atoms with Crippen molar-refractivity contribution >= 4 is 66.6 Å². The van der Waals surface area contributed by atoms with Gasteiger partial charge in [0.25, 0.3) is 0 Å². The highest BCUT2D eigenvalue weighted by Crippen LogP contribution is 2.33. The summed E-state index contributed by atoms with van der Waals surface area (Å²) in [4.78, 5) is 0. The minimum Gasteiger partial charge on any atom is -0.392 e. The highest BCUT2D eigenvalue weighted by Gasteiger charge is 2.08. The number of aliphatic hydroxyl groups excluding tert-OH is 1. The SMILES string of the molecule is OCc1c(I)sc2ccc(I)cc12. The van der Waals surface area contributed by atoms with E-state index >= 15 is 0 Å². The molecule has 0 aliphatic heterocycles. The standard InChI is InChI=1S/C9H6I2OS/c10-5-1-2-8-6(3-5)7(4-12)9(11)13-8/h1-3,12H,4H2. The van der Waals surface area contributed by atoms with Crippen molar-refractivity contribution in [3.05, 3.63) is 30.2 Å². The summed E-state index contributed by atoms with van der Waals surface area (Å²) in [7, 11) is 0. The van der Waals surface area contributed by atoms with E-state index in [-0.39, 0.29) is 6.61 Å². The van der Waals surface area contributed by atoms with Crippen LogP contribution in [0.2, 0.25) is 0 Å². The zero-order valence-electron chi connectivity index (χ0n) is 6.55. The van der Waals surface area contributed by atoms with Gasteiger partial charge in [0.1, 0.15) is 0 Å². The van der Waals surface area contributed by atoms with Crippen molar-refractivity contribution in [1.82, 2.24) is 0 Å². The number of aliphatic hydroxyl groups is 1. The lowest BCUT2D eigenvalue weighted by molar-refractivity contribution is 0.283. The molecule has 4 heteroatoms. The van der Waals surface area contributed by atoms with E-state index < -0.39 is 0 Å². The molecular formula is C9H6I2OS. The van der Waals surface area contributed by atoms with Crippen LogP contribution < -0.4 is 0 Å². The molecule has 13 heavy (non-hydrogen) atoms. The van der Waals surface area contributed by atoms with E-state index in [2.05, 4.69) is 63.4 Å². The molecule has 2 aromatic rings. The van der Waals surface area contributed by atoms with Crippen LogP contribution in [0.25, 0.3) is 10.1 Å². The third-order valence-electron chi connectivity index (χ3n) is 1.86. The molecule has 0 fully saturated rings. The van der Waals surface area contributed by atoms with Crippen LogP contribution >= 0.6 is 56.5 Å². The number of rotatable bonds is 1. The fourth-order valence-electron chi connectivity index (χ4n) is 1.24. The van der Waals surface area contributed by atoms with Gasteiger partial charge in [-0.25, -0.2) is 0 Å². The third-order valence-corrected chi connectivity index (χ3v) is 4.85. The van der Waals surface area contributed by atoms with Crippen LogP contribution in [-0.4, -0.2) is 5.11 Å². The van der Waals surface area contributed by atoms with E-state index in [0.29, 0.717) is 0 Å². The van der Waals surface area contributed by atoms with Gasteiger partial charge in [0.2, 0.25) is 0 Å². The average molecular weight is 416 g/mol. The molecular weight excluding hydrogens is 410 g/mol. The van der Waals surface area contributed by atoms with Gasteiger partial charge in [0, 0.05) is 19.2 Å². The van der Waals surface area contributed by atoms with Crippen molar-refractivity contribution in [2.45, 2.75) is 6.61 Å². The van der Waals surface area contributed by atoms with Gasteiger partial charge in [-0.3, -0.25) is 0 Å². The molecule has 0 saturated heterocycles. The molecule has 0 bridgehead atoms. The maximum Gasteiger partial charge on any atom is 0.0721 e. The monoisotopic (exact) mass is 416 g/mol. The molecule has 1 N–H and O–H groups in total. The molecule has 0 saturated carbocycles. The highest BCUT2D eigenvalue weighted by molar-refractivity contribution is 14.1. The lowest BCUT2D eigenvalue weighted by Crippen LogP contribution is -1.82. The number of benzene rings is 1. The Morgan fingerprint density at radius 1 is 1.31 bits per heavy atom. The number of thiophene rings is 1. The Morgan fingerprint density at radius 3 is 2.77 bits per heavy atom. The summed E-state index contributed by atoms with van der Waals surface area (Å²) in [6.45, 7) is 0.137. The summed E-state index contributed by atoms with van der Waals surface area (Å²) in [6, 6.07) is 6.33. The molecule has 0 unspecified atom stereocenters. The first-order valence-corrected chi connectivity index (χ1v) is 6.67. The first-order chi connectivity index (χ1) is 6.22. The van der Waals surface area contributed by atoms with Crippen LogP contribution in [0.15, 0.2) is 18.2 Å². The van der Waals surface area contributed by atoms with Gasteiger partial charge >= 0.3 is 0 Å². The Kier molecular flexibility index (Phi) is 3.11. The van der Waals surface area contributed by atoms with Crippen LogP contribution in [0.4, 0.5) is 0 Å². The third kappa shape index (κ3) is 1.86. The lowest BCUT2D eigenvalue weighted by atomic mass is 10.2. The molecule has 0 spiro atoms. The van der Waals surface area contributed by atoms with Crippen molar-refractivity contribution in [3.63, 3.8) is 0 Å². The quantitative estimate of drug-likeness (QED) is 0.705. The van der Waals surface area contributed by atoms with Gasteiger partial charge in [-0.15, -0.1) is 11.3 Å². The van der Waals surface area contributed by atoms with E-state index in [1.54, 1.807) is 11.3 Å². The number of hydrogen-bond donors (Lipinski definition) is 1. The van der Waals surface area contributed by atoms with Gasteiger partial charge in [-0.2, -0.15) is 0 Å². The predicted molar refractivity (Wildman–Crippen MR) is 73.2 cm³/mol. The second-order valence-corrected chi connectivity index (χ2v) is 6.76. The summed E-state index contributed by atoms with van der Waals surface area (Å²) < 4.78 is 3.67. The Balaban J connectivity index is 2.80. The molecule has 0 amide bonds. The first kappa shape index (κ1) is 10.1. The molecule has 0 aliphatic rings. The summed E-state index contributed by atoms with van der Waals surface area (Å²) >= 11 is 6.31. The topological polar surface area (TPSA) is 20.2 Å². The van der Waals surface area contributed by atoms with Crippen molar-refractivity contribution in [3.8, 4) is 0 Å². The van der Waals surface area contributed by atoms with E-state index in [1.807, 2.05) is 0 Å². The van der Waals surface area contributed by atoms with E-state index in [9.17, 15) is 5.11 Å². The minimum atomic E-state index is 0.137. The second kappa shape index (κ2) is 4.00. The van der Waals surface area contributed by atoms with Gasteiger partial charge in [-0.1, -0.05) is 0 Å². The van der Waals surface area contributed by atoms with E-state index in [0.717, 1.165) is 5.56 Å².